The summed E-state index contributed by atoms with van der Waals surface area (Å²) >= 11 is 0. The van der Waals surface area contributed by atoms with Gasteiger partial charge < -0.3 is 0 Å². The maximum absolute atomic E-state index is 13.3. The number of carbonyl (C=O) groups excluding carboxylic acids is 2. The molecule has 3 fully saturated rings. The molecule has 27 heavy (non-hydrogen) atoms. The molecule has 0 aliphatic carbocycles. The molecule has 0 aromatic heterocycles. The minimum atomic E-state index is -0.476. The van der Waals surface area contributed by atoms with Gasteiger partial charge in [-0.25, -0.2) is 19.3 Å². The van der Waals surface area contributed by atoms with Crippen LogP contribution in [0.1, 0.15) is 23.6 Å². The normalized spacial score (nSPS) is 28.1. The van der Waals surface area contributed by atoms with Crippen LogP contribution in [-0.2, 0) is 9.59 Å². The van der Waals surface area contributed by atoms with Crippen molar-refractivity contribution in [3.05, 3.63) is 65.5 Å². The first-order valence-corrected chi connectivity index (χ1v) is 9.29. The van der Waals surface area contributed by atoms with Gasteiger partial charge in [-0.15, -0.1) is 0 Å². The van der Waals surface area contributed by atoms with E-state index in [1.807, 2.05) is 19.1 Å². The molecule has 3 atom stereocenters. The van der Waals surface area contributed by atoms with E-state index in [4.69, 9.17) is 0 Å². The number of amides is 2. The summed E-state index contributed by atoms with van der Waals surface area (Å²) in [5.74, 6) is -1.23. The van der Waals surface area contributed by atoms with Gasteiger partial charge in [0.25, 0.3) is 5.91 Å². The minimum Gasteiger partial charge on any atom is -0.274 e. The number of imide groups is 1. The van der Waals surface area contributed by atoms with Crippen molar-refractivity contribution in [3.8, 4) is 0 Å². The van der Waals surface area contributed by atoms with E-state index in [0.29, 0.717) is 5.69 Å². The van der Waals surface area contributed by atoms with Crippen molar-refractivity contribution >= 4 is 17.5 Å². The number of benzene rings is 2. The highest BCUT2D eigenvalue weighted by molar-refractivity contribution is 6.24. The molecule has 0 radical (unpaired) electrons. The number of carbonyl (C=O) groups is 2. The Labute approximate surface area is 156 Å². The smallest absolute Gasteiger partial charge is 0.253 e. The predicted molar refractivity (Wildman–Crippen MR) is 98.1 cm³/mol. The maximum atomic E-state index is 13.3. The zero-order valence-corrected chi connectivity index (χ0v) is 15.0. The van der Waals surface area contributed by atoms with E-state index in [1.54, 1.807) is 0 Å². The molecule has 3 saturated heterocycles. The molecule has 5 rings (SSSR count). The standard InChI is InChI=1S/C21H20FN3O2/c1-13-3-5-14(6-4-13)18-17-19(24-12-2-11-23(18)24)21(27)25(20(17)26)16-9-7-15(22)8-10-16/h3-10,17-19H,2,11-12H2,1H3/t17-,18+,19+/m1/s1. The largest absolute Gasteiger partial charge is 0.274 e. The third-order valence-corrected chi connectivity index (χ3v) is 5.91. The number of anilines is 1. The summed E-state index contributed by atoms with van der Waals surface area (Å²) in [4.78, 5) is 27.8. The Hall–Kier alpha value is -2.57. The summed E-state index contributed by atoms with van der Waals surface area (Å²) in [6.45, 7) is 3.66. The molecule has 2 amide bonds. The molecule has 5 nitrogen and oxygen atoms in total. The van der Waals surface area contributed by atoms with Crippen LogP contribution in [0.25, 0.3) is 0 Å². The molecular formula is C21H20FN3O2. The average molecular weight is 365 g/mol. The molecule has 0 bridgehead atoms. The van der Waals surface area contributed by atoms with Crippen molar-refractivity contribution < 1.29 is 14.0 Å². The van der Waals surface area contributed by atoms with E-state index >= 15 is 0 Å². The Kier molecular flexibility index (Phi) is 3.67. The van der Waals surface area contributed by atoms with Crippen LogP contribution in [0.3, 0.4) is 0 Å². The molecule has 138 valence electrons. The van der Waals surface area contributed by atoms with Gasteiger partial charge in [-0.2, -0.15) is 0 Å². The highest BCUT2D eigenvalue weighted by Gasteiger charge is 2.62. The van der Waals surface area contributed by atoms with E-state index in [9.17, 15) is 14.0 Å². The average Bonchev–Trinajstić information content (AvgIpc) is 3.30. The molecule has 0 N–H and O–H groups in total. The van der Waals surface area contributed by atoms with Crippen molar-refractivity contribution in [3.63, 3.8) is 0 Å². The predicted octanol–water partition coefficient (Wildman–Crippen LogP) is 2.67. The van der Waals surface area contributed by atoms with E-state index in [-0.39, 0.29) is 23.7 Å². The van der Waals surface area contributed by atoms with Gasteiger partial charge >= 0.3 is 0 Å². The third kappa shape index (κ3) is 2.37. The number of hydrazine groups is 1. The van der Waals surface area contributed by atoms with Crippen molar-refractivity contribution in [1.29, 1.82) is 0 Å². The second-order valence-electron chi connectivity index (χ2n) is 7.49. The highest BCUT2D eigenvalue weighted by Crippen LogP contribution is 2.48. The van der Waals surface area contributed by atoms with Crippen molar-refractivity contribution in [2.45, 2.75) is 25.4 Å². The van der Waals surface area contributed by atoms with Gasteiger partial charge in [-0.1, -0.05) is 29.8 Å². The number of aryl methyl sites for hydroxylation is 1. The second-order valence-corrected chi connectivity index (χ2v) is 7.49. The van der Waals surface area contributed by atoms with Crippen LogP contribution in [0.5, 0.6) is 0 Å². The number of hydrogen-bond acceptors (Lipinski definition) is 4. The topological polar surface area (TPSA) is 43.9 Å². The molecule has 0 unspecified atom stereocenters. The van der Waals surface area contributed by atoms with Crippen LogP contribution in [0.15, 0.2) is 48.5 Å². The fourth-order valence-corrected chi connectivity index (χ4v) is 4.72. The van der Waals surface area contributed by atoms with Crippen molar-refractivity contribution in [1.82, 2.24) is 10.0 Å². The van der Waals surface area contributed by atoms with Gasteiger partial charge in [0.2, 0.25) is 5.91 Å². The maximum Gasteiger partial charge on any atom is 0.253 e. The van der Waals surface area contributed by atoms with Crippen molar-refractivity contribution in [2.75, 3.05) is 18.0 Å². The quantitative estimate of drug-likeness (QED) is 0.768. The summed E-state index contributed by atoms with van der Waals surface area (Å²) in [6, 6.07) is 13.1. The summed E-state index contributed by atoms with van der Waals surface area (Å²) in [7, 11) is 0. The molecular weight excluding hydrogens is 345 g/mol. The number of hydrogen-bond donors (Lipinski definition) is 0. The molecule has 2 aromatic rings. The Morgan fingerprint density at radius 2 is 1.48 bits per heavy atom. The van der Waals surface area contributed by atoms with Gasteiger partial charge in [0, 0.05) is 13.1 Å². The van der Waals surface area contributed by atoms with Crippen LogP contribution in [-0.4, -0.2) is 41.0 Å². The summed E-state index contributed by atoms with van der Waals surface area (Å²) in [6.07, 6.45) is 0.976. The number of rotatable bonds is 2. The molecule has 2 aromatic carbocycles. The molecule has 0 spiro atoms. The van der Waals surface area contributed by atoms with Gasteiger partial charge in [0.15, 0.2) is 0 Å². The van der Waals surface area contributed by atoms with Crippen molar-refractivity contribution in [2.24, 2.45) is 5.92 Å². The molecule has 3 aliphatic rings. The van der Waals surface area contributed by atoms with Gasteiger partial charge in [0.05, 0.1) is 17.6 Å². The number of fused-ring (bicyclic) bond motifs is 3. The van der Waals surface area contributed by atoms with Crippen LogP contribution in [0, 0.1) is 18.7 Å². The Balaban J connectivity index is 1.57. The Morgan fingerprint density at radius 3 is 2.15 bits per heavy atom. The zero-order chi connectivity index (χ0) is 18.7. The lowest BCUT2D eigenvalue weighted by molar-refractivity contribution is -0.126. The van der Waals surface area contributed by atoms with E-state index < -0.39 is 12.0 Å². The van der Waals surface area contributed by atoms with Crippen LogP contribution < -0.4 is 4.90 Å². The summed E-state index contributed by atoms with van der Waals surface area (Å²) in [5, 5.41) is 4.26. The Bertz CT molecular complexity index is 912. The van der Waals surface area contributed by atoms with Gasteiger partial charge in [0.1, 0.15) is 11.9 Å². The molecule has 3 aliphatic heterocycles. The first-order valence-electron chi connectivity index (χ1n) is 9.29. The first kappa shape index (κ1) is 16.6. The van der Waals surface area contributed by atoms with E-state index in [1.165, 1.54) is 29.2 Å². The highest BCUT2D eigenvalue weighted by atomic mass is 19.1. The van der Waals surface area contributed by atoms with Gasteiger partial charge in [-0.3, -0.25) is 9.59 Å². The van der Waals surface area contributed by atoms with Crippen LogP contribution in [0.2, 0.25) is 0 Å². The first-order chi connectivity index (χ1) is 13.1. The van der Waals surface area contributed by atoms with E-state index in [2.05, 4.69) is 22.2 Å². The number of halogens is 1. The van der Waals surface area contributed by atoms with Gasteiger partial charge in [-0.05, 0) is 43.2 Å². The lowest BCUT2D eigenvalue weighted by atomic mass is 9.89. The van der Waals surface area contributed by atoms with Crippen LogP contribution in [0.4, 0.5) is 10.1 Å². The lowest BCUT2D eigenvalue weighted by Gasteiger charge is -2.29. The monoisotopic (exact) mass is 365 g/mol. The summed E-state index contributed by atoms with van der Waals surface area (Å²) in [5.41, 5.74) is 2.66. The fraction of sp³-hybridized carbons (Fsp3) is 0.333. The fourth-order valence-electron chi connectivity index (χ4n) is 4.72. The SMILES string of the molecule is Cc1ccc([C@H]2[C@H]3C(=O)N(c4ccc(F)cc4)C(=O)[C@H]3N3CCCN23)cc1. The second kappa shape index (κ2) is 5.97. The molecule has 6 heteroatoms. The zero-order valence-electron chi connectivity index (χ0n) is 15.0. The lowest BCUT2D eigenvalue weighted by Crippen LogP contribution is -2.44. The Morgan fingerprint density at radius 1 is 0.852 bits per heavy atom. The number of nitrogens with zero attached hydrogens (tertiary/aromatic N) is 3. The minimum absolute atomic E-state index is 0.139. The summed E-state index contributed by atoms with van der Waals surface area (Å²) < 4.78 is 13.3. The molecule has 0 saturated carbocycles. The van der Waals surface area contributed by atoms with E-state index in [0.717, 1.165) is 30.6 Å². The molecule has 3 heterocycles. The van der Waals surface area contributed by atoms with Crippen LogP contribution >= 0.6 is 0 Å². The third-order valence-electron chi connectivity index (χ3n) is 5.91.